The number of ether oxygens (including phenoxy) is 1. The van der Waals surface area contributed by atoms with E-state index >= 15 is 0 Å². The maximum Gasteiger partial charge on any atom is 0.374 e. The molecule has 1 aromatic carbocycles. The van der Waals surface area contributed by atoms with Gasteiger partial charge in [-0.25, -0.2) is 13.2 Å². The lowest BCUT2D eigenvalue weighted by Gasteiger charge is -2.24. The van der Waals surface area contributed by atoms with E-state index in [0.29, 0.717) is 18.4 Å². The predicted molar refractivity (Wildman–Crippen MR) is 97.4 cm³/mol. The summed E-state index contributed by atoms with van der Waals surface area (Å²) in [5.74, 6) is 0.161. The second-order valence-corrected chi connectivity index (χ2v) is 8.61. The molecule has 0 N–H and O–H groups in total. The Morgan fingerprint density at radius 2 is 1.85 bits per heavy atom. The highest BCUT2D eigenvalue weighted by atomic mass is 32.2. The molecular weight excluding hydrogens is 352 g/mol. The number of esters is 1. The third-order valence-electron chi connectivity index (χ3n) is 4.64. The minimum atomic E-state index is -3.52. The maximum atomic E-state index is 12.4. The number of allylic oxidation sites excluding steroid dienone is 2. The van der Waals surface area contributed by atoms with Gasteiger partial charge in [0.15, 0.2) is 9.84 Å². The van der Waals surface area contributed by atoms with Crippen molar-refractivity contribution in [1.82, 2.24) is 0 Å². The number of rotatable bonds is 6. The first-order valence-corrected chi connectivity index (χ1v) is 10.3. The molecule has 0 saturated heterocycles. The molecular formula is C20H22O5S. The lowest BCUT2D eigenvalue weighted by molar-refractivity contribution is 0.0358. The molecule has 6 heteroatoms. The molecule has 0 unspecified atom stereocenters. The Bertz CT molecular complexity index is 880. The smallest absolute Gasteiger partial charge is 0.374 e. The molecule has 2 atom stereocenters. The molecule has 1 aliphatic carbocycles. The highest BCUT2D eigenvalue weighted by molar-refractivity contribution is 7.90. The third-order valence-corrected chi connectivity index (χ3v) is 6.30. The van der Waals surface area contributed by atoms with Crippen molar-refractivity contribution in [3.05, 3.63) is 66.1 Å². The zero-order valence-electron chi connectivity index (χ0n) is 14.6. The van der Waals surface area contributed by atoms with Gasteiger partial charge in [-0.2, -0.15) is 0 Å². The lowest BCUT2D eigenvalue weighted by Crippen LogP contribution is -2.21. The Kier molecular flexibility index (Phi) is 5.61. The van der Waals surface area contributed by atoms with Gasteiger partial charge >= 0.3 is 5.97 Å². The van der Waals surface area contributed by atoms with Crippen LogP contribution in [0.25, 0.3) is 0 Å². The molecule has 1 aliphatic rings. The minimum absolute atomic E-state index is 0.0299. The van der Waals surface area contributed by atoms with Crippen LogP contribution in [-0.4, -0.2) is 21.0 Å². The number of sulfone groups is 1. The van der Waals surface area contributed by atoms with Crippen molar-refractivity contribution in [3.63, 3.8) is 0 Å². The van der Waals surface area contributed by atoms with E-state index in [1.807, 2.05) is 0 Å². The van der Waals surface area contributed by atoms with Gasteiger partial charge in [0, 0.05) is 0 Å². The van der Waals surface area contributed by atoms with Gasteiger partial charge in [0.05, 0.1) is 11.5 Å². The first-order valence-electron chi connectivity index (χ1n) is 8.64. The average molecular weight is 374 g/mol. The molecule has 0 spiro atoms. The van der Waals surface area contributed by atoms with Crippen LogP contribution >= 0.6 is 0 Å². The van der Waals surface area contributed by atoms with E-state index < -0.39 is 15.8 Å². The van der Waals surface area contributed by atoms with Crippen LogP contribution in [0.3, 0.4) is 0 Å². The van der Waals surface area contributed by atoms with Gasteiger partial charge in [-0.1, -0.05) is 37.3 Å². The van der Waals surface area contributed by atoms with Crippen molar-refractivity contribution in [2.45, 2.75) is 30.4 Å². The standard InChI is InChI=1S/C20H22O5S/c1-15-7-5-6-8-16(15)13-24-20(21)19-12-11-17(25-19)14-26(22,23)18-9-3-2-4-10-18/h2-6,9-12,15-16H,7-8,13-14H2,1H3/t15-,16+/m1/s1. The fourth-order valence-corrected chi connectivity index (χ4v) is 4.22. The van der Waals surface area contributed by atoms with Gasteiger partial charge in [-0.05, 0) is 48.9 Å². The summed E-state index contributed by atoms with van der Waals surface area (Å²) in [6.45, 7) is 2.48. The largest absolute Gasteiger partial charge is 0.460 e. The number of hydrogen-bond acceptors (Lipinski definition) is 5. The van der Waals surface area contributed by atoms with Crippen molar-refractivity contribution >= 4 is 15.8 Å². The second-order valence-electron chi connectivity index (χ2n) is 6.62. The van der Waals surface area contributed by atoms with Crippen molar-refractivity contribution in [2.24, 2.45) is 11.8 Å². The highest BCUT2D eigenvalue weighted by Gasteiger charge is 2.23. The molecule has 1 heterocycles. The molecule has 0 bridgehead atoms. The maximum absolute atomic E-state index is 12.4. The Balaban J connectivity index is 1.60. The van der Waals surface area contributed by atoms with Gasteiger partial charge in [0.2, 0.25) is 5.76 Å². The van der Waals surface area contributed by atoms with Crippen LogP contribution in [0.15, 0.2) is 63.9 Å². The molecule has 138 valence electrons. The minimum Gasteiger partial charge on any atom is -0.460 e. The van der Waals surface area contributed by atoms with E-state index in [2.05, 4.69) is 19.1 Å². The SMILES string of the molecule is C[C@@H]1CC=CC[C@H]1COC(=O)c1ccc(CS(=O)(=O)c2ccccc2)o1. The molecule has 3 rings (SSSR count). The van der Waals surface area contributed by atoms with Crippen molar-refractivity contribution < 1.29 is 22.4 Å². The van der Waals surface area contributed by atoms with E-state index in [0.717, 1.165) is 12.8 Å². The molecule has 0 fully saturated rings. The summed E-state index contributed by atoms with van der Waals surface area (Å²) in [5, 5.41) is 0. The van der Waals surface area contributed by atoms with Crippen LogP contribution in [-0.2, 0) is 20.3 Å². The Hall–Kier alpha value is -2.34. The van der Waals surface area contributed by atoms with Crippen LogP contribution < -0.4 is 0 Å². The van der Waals surface area contributed by atoms with E-state index in [4.69, 9.17) is 9.15 Å². The molecule has 1 aromatic heterocycles. The van der Waals surface area contributed by atoms with Crippen LogP contribution in [0, 0.1) is 11.8 Å². The fraction of sp³-hybridized carbons (Fsp3) is 0.350. The van der Waals surface area contributed by atoms with Crippen molar-refractivity contribution in [2.75, 3.05) is 6.61 Å². The molecule has 0 radical (unpaired) electrons. The van der Waals surface area contributed by atoms with Gasteiger partial charge in [0.1, 0.15) is 11.5 Å². The number of hydrogen-bond donors (Lipinski definition) is 0. The van der Waals surface area contributed by atoms with Gasteiger partial charge in [0.25, 0.3) is 0 Å². The first kappa shape index (κ1) is 18.5. The lowest BCUT2D eigenvalue weighted by atomic mass is 9.85. The van der Waals surface area contributed by atoms with Crippen molar-refractivity contribution in [1.29, 1.82) is 0 Å². The summed E-state index contributed by atoms with van der Waals surface area (Å²) in [5.41, 5.74) is 0. The number of carbonyl (C=O) groups is 1. The summed E-state index contributed by atoms with van der Waals surface area (Å²) >= 11 is 0. The number of furan rings is 1. The monoisotopic (exact) mass is 374 g/mol. The zero-order chi connectivity index (χ0) is 18.6. The van der Waals surface area contributed by atoms with E-state index in [1.54, 1.807) is 18.2 Å². The third kappa shape index (κ3) is 4.43. The van der Waals surface area contributed by atoms with E-state index in [1.165, 1.54) is 24.3 Å². The quantitative estimate of drug-likeness (QED) is 0.564. The predicted octanol–water partition coefficient (Wildman–Crippen LogP) is 4.01. The molecule has 2 aromatic rings. The van der Waals surface area contributed by atoms with Crippen molar-refractivity contribution in [3.8, 4) is 0 Å². The Morgan fingerprint density at radius 3 is 2.58 bits per heavy atom. The Labute approximate surface area is 153 Å². The molecule has 5 nitrogen and oxygen atoms in total. The summed E-state index contributed by atoms with van der Waals surface area (Å²) in [4.78, 5) is 12.4. The van der Waals surface area contributed by atoms with Crippen LogP contribution in [0.2, 0.25) is 0 Å². The zero-order valence-corrected chi connectivity index (χ0v) is 15.4. The molecule has 0 aliphatic heterocycles. The summed E-state index contributed by atoms with van der Waals surface area (Å²) in [7, 11) is -3.52. The summed E-state index contributed by atoms with van der Waals surface area (Å²) in [6.07, 6.45) is 6.14. The Morgan fingerprint density at radius 1 is 1.12 bits per heavy atom. The normalized spacial score (nSPS) is 20.0. The van der Waals surface area contributed by atoms with Gasteiger partial charge < -0.3 is 9.15 Å². The second kappa shape index (κ2) is 7.91. The van der Waals surface area contributed by atoms with E-state index in [-0.39, 0.29) is 22.2 Å². The first-order chi connectivity index (χ1) is 12.5. The highest BCUT2D eigenvalue weighted by Crippen LogP contribution is 2.25. The summed E-state index contributed by atoms with van der Waals surface area (Å²) in [6, 6.07) is 11.1. The van der Waals surface area contributed by atoms with E-state index in [9.17, 15) is 13.2 Å². The topological polar surface area (TPSA) is 73.6 Å². The average Bonchev–Trinajstić information content (AvgIpc) is 3.09. The van der Waals surface area contributed by atoms with Gasteiger partial charge in [-0.15, -0.1) is 0 Å². The molecule has 0 amide bonds. The van der Waals surface area contributed by atoms with Gasteiger partial charge in [-0.3, -0.25) is 0 Å². The van der Waals surface area contributed by atoms with Crippen LogP contribution in [0.4, 0.5) is 0 Å². The molecule has 26 heavy (non-hydrogen) atoms. The van der Waals surface area contributed by atoms with Crippen LogP contribution in [0.5, 0.6) is 0 Å². The fourth-order valence-electron chi connectivity index (χ4n) is 2.96. The molecule has 0 saturated carbocycles. The van der Waals surface area contributed by atoms with Crippen LogP contribution in [0.1, 0.15) is 36.1 Å². The summed E-state index contributed by atoms with van der Waals surface area (Å²) < 4.78 is 35.5. The number of carbonyl (C=O) groups excluding carboxylic acids is 1. The number of benzene rings is 1.